The van der Waals surface area contributed by atoms with Crippen LogP contribution in [0.2, 0.25) is 0 Å². The molecule has 8 nitrogen and oxygen atoms in total. The van der Waals surface area contributed by atoms with E-state index in [9.17, 15) is 10.1 Å². The molecule has 3 N–H and O–H groups in total. The van der Waals surface area contributed by atoms with Gasteiger partial charge in [-0.3, -0.25) is 10.1 Å². The lowest BCUT2D eigenvalue weighted by molar-refractivity contribution is -0.385. The highest BCUT2D eigenvalue weighted by molar-refractivity contribution is 9.10. The summed E-state index contributed by atoms with van der Waals surface area (Å²) in [6, 6.07) is 6.01. The zero-order valence-electron chi connectivity index (χ0n) is 11.0. The molecule has 0 unspecified atom stereocenters. The molecule has 9 heteroatoms. The summed E-state index contributed by atoms with van der Waals surface area (Å²) in [4.78, 5) is 18.7. The third-order valence-electron chi connectivity index (χ3n) is 2.57. The van der Waals surface area contributed by atoms with Crippen LogP contribution in [-0.2, 0) is 6.42 Å². The van der Waals surface area contributed by atoms with E-state index in [0.717, 1.165) is 0 Å². The number of nitrogens with zero attached hydrogens (tertiary/aromatic N) is 3. The van der Waals surface area contributed by atoms with Crippen molar-refractivity contribution in [3.63, 3.8) is 0 Å². The second kappa shape index (κ2) is 6.46. The number of nitro benzene ring substituents is 1. The molecule has 0 saturated heterocycles. The van der Waals surface area contributed by atoms with E-state index in [1.54, 1.807) is 6.07 Å². The lowest BCUT2D eigenvalue weighted by atomic mass is 10.3. The highest BCUT2D eigenvalue weighted by Crippen LogP contribution is 2.36. The van der Waals surface area contributed by atoms with Crippen LogP contribution in [0, 0.1) is 10.1 Å². The van der Waals surface area contributed by atoms with Crippen LogP contribution in [0.15, 0.2) is 28.7 Å². The Bertz CT molecular complexity index is 658. The third kappa shape index (κ3) is 3.44. The number of benzene rings is 1. The van der Waals surface area contributed by atoms with Crippen molar-refractivity contribution in [2.75, 3.05) is 5.43 Å². The largest absolute Gasteiger partial charge is 0.437 e. The molecule has 1 aromatic heterocycles. The number of aryl methyl sites for hydroxylation is 1. The Morgan fingerprint density at radius 3 is 2.86 bits per heavy atom. The predicted octanol–water partition coefficient (Wildman–Crippen LogP) is 2.79. The number of hydrazine groups is 1. The number of rotatable bonds is 5. The first-order chi connectivity index (χ1) is 10.0. The maximum Gasteiger partial charge on any atom is 0.287 e. The third-order valence-corrected chi connectivity index (χ3v) is 3.36. The number of ether oxygens (including phenoxy) is 1. The molecule has 0 aliphatic carbocycles. The molecule has 0 aliphatic heterocycles. The van der Waals surface area contributed by atoms with Gasteiger partial charge in [0.2, 0.25) is 5.88 Å². The van der Waals surface area contributed by atoms with Crippen LogP contribution in [0.3, 0.4) is 0 Å². The first-order valence-electron chi connectivity index (χ1n) is 6.00. The standard InChI is InChI=1S/C12H12BrN5O3/c1-2-9-15-10(17-14)6-11(16-9)21-8-5-3-4-7(12(8)13)18(19)20/h3-6H,2,14H2,1H3,(H,15,16,17). The molecule has 0 saturated carbocycles. The van der Waals surface area contributed by atoms with Crippen molar-refractivity contribution >= 4 is 27.4 Å². The zero-order valence-corrected chi connectivity index (χ0v) is 12.6. The number of aromatic nitrogens is 2. The van der Waals surface area contributed by atoms with Gasteiger partial charge in [-0.25, -0.2) is 10.8 Å². The fraction of sp³-hybridized carbons (Fsp3) is 0.167. The van der Waals surface area contributed by atoms with Crippen LogP contribution in [0.1, 0.15) is 12.7 Å². The number of hydrogen-bond donors (Lipinski definition) is 2. The summed E-state index contributed by atoms with van der Waals surface area (Å²) in [7, 11) is 0. The van der Waals surface area contributed by atoms with Gasteiger partial charge in [0, 0.05) is 18.6 Å². The lowest BCUT2D eigenvalue weighted by Gasteiger charge is -2.09. The molecule has 0 atom stereocenters. The van der Waals surface area contributed by atoms with Crippen LogP contribution in [0.4, 0.5) is 11.5 Å². The second-order valence-corrected chi connectivity index (χ2v) is 4.75. The highest BCUT2D eigenvalue weighted by Gasteiger charge is 2.17. The van der Waals surface area contributed by atoms with Gasteiger partial charge in [-0.05, 0) is 22.0 Å². The smallest absolute Gasteiger partial charge is 0.287 e. The maximum atomic E-state index is 10.9. The summed E-state index contributed by atoms with van der Waals surface area (Å²) >= 11 is 3.16. The lowest BCUT2D eigenvalue weighted by Crippen LogP contribution is -2.10. The molecule has 0 bridgehead atoms. The van der Waals surface area contributed by atoms with Crippen LogP contribution in [0.5, 0.6) is 11.6 Å². The van der Waals surface area contributed by atoms with Gasteiger partial charge < -0.3 is 10.2 Å². The summed E-state index contributed by atoms with van der Waals surface area (Å²) < 4.78 is 5.83. The van der Waals surface area contributed by atoms with Crippen LogP contribution >= 0.6 is 15.9 Å². The van der Waals surface area contributed by atoms with Gasteiger partial charge in [-0.2, -0.15) is 4.98 Å². The average molecular weight is 354 g/mol. The van der Waals surface area contributed by atoms with Crippen LogP contribution in [0.25, 0.3) is 0 Å². The number of hydrogen-bond acceptors (Lipinski definition) is 7. The monoisotopic (exact) mass is 353 g/mol. The van der Waals surface area contributed by atoms with Crippen molar-refractivity contribution in [1.29, 1.82) is 0 Å². The molecule has 0 amide bonds. The Morgan fingerprint density at radius 2 is 2.24 bits per heavy atom. The predicted molar refractivity (Wildman–Crippen MR) is 80.1 cm³/mol. The normalized spacial score (nSPS) is 10.2. The molecule has 2 rings (SSSR count). The van der Waals surface area contributed by atoms with E-state index in [0.29, 0.717) is 18.1 Å². The molecular formula is C12H12BrN5O3. The number of anilines is 1. The number of halogens is 1. The van der Waals surface area contributed by atoms with Crippen molar-refractivity contribution < 1.29 is 9.66 Å². The summed E-state index contributed by atoms with van der Waals surface area (Å²) in [5.41, 5.74) is 2.33. The number of nitro groups is 1. The van der Waals surface area contributed by atoms with Crippen molar-refractivity contribution in [2.24, 2.45) is 5.84 Å². The van der Waals surface area contributed by atoms with Crippen molar-refractivity contribution in [3.8, 4) is 11.6 Å². The molecule has 1 heterocycles. The van der Waals surface area contributed by atoms with Crippen LogP contribution in [-0.4, -0.2) is 14.9 Å². The molecule has 0 radical (unpaired) electrons. The fourth-order valence-electron chi connectivity index (χ4n) is 1.59. The molecule has 2 aromatic rings. The van der Waals surface area contributed by atoms with Crippen molar-refractivity contribution in [2.45, 2.75) is 13.3 Å². The average Bonchev–Trinajstić information content (AvgIpc) is 2.48. The van der Waals surface area contributed by atoms with E-state index in [1.807, 2.05) is 6.92 Å². The molecular weight excluding hydrogens is 342 g/mol. The molecule has 21 heavy (non-hydrogen) atoms. The van der Waals surface area contributed by atoms with Gasteiger partial charge >= 0.3 is 0 Å². The number of nitrogens with one attached hydrogen (secondary N) is 1. The summed E-state index contributed by atoms with van der Waals surface area (Å²) in [6.45, 7) is 1.89. The summed E-state index contributed by atoms with van der Waals surface area (Å²) in [5.74, 6) is 6.81. The van der Waals surface area contributed by atoms with Gasteiger partial charge in [0.1, 0.15) is 16.1 Å². The first kappa shape index (κ1) is 15.1. The summed E-state index contributed by atoms with van der Waals surface area (Å²) in [6.07, 6.45) is 0.599. The molecule has 0 aliphatic rings. The van der Waals surface area contributed by atoms with Crippen molar-refractivity contribution in [1.82, 2.24) is 9.97 Å². The number of nitrogens with two attached hydrogens (primary N) is 1. The highest BCUT2D eigenvalue weighted by atomic mass is 79.9. The Morgan fingerprint density at radius 1 is 1.48 bits per heavy atom. The van der Waals surface area contributed by atoms with E-state index >= 15 is 0 Å². The Hall–Kier alpha value is -2.26. The molecule has 1 aromatic carbocycles. The van der Waals surface area contributed by atoms with E-state index < -0.39 is 4.92 Å². The fourth-order valence-corrected chi connectivity index (χ4v) is 2.08. The van der Waals surface area contributed by atoms with Crippen molar-refractivity contribution in [3.05, 3.63) is 44.7 Å². The maximum absolute atomic E-state index is 10.9. The number of nitrogen functional groups attached to an aromatic ring is 1. The van der Waals surface area contributed by atoms with E-state index in [-0.39, 0.29) is 21.8 Å². The van der Waals surface area contributed by atoms with Gasteiger partial charge in [0.05, 0.1) is 4.92 Å². The molecule has 0 fully saturated rings. The Labute approximate surface area is 128 Å². The Balaban J connectivity index is 2.38. The van der Waals surface area contributed by atoms with E-state index in [2.05, 4.69) is 31.3 Å². The molecule has 0 spiro atoms. The summed E-state index contributed by atoms with van der Waals surface area (Å²) in [5, 5.41) is 10.9. The first-order valence-corrected chi connectivity index (χ1v) is 6.79. The quantitative estimate of drug-likeness (QED) is 0.482. The minimum Gasteiger partial charge on any atom is -0.437 e. The van der Waals surface area contributed by atoms with E-state index in [1.165, 1.54) is 18.2 Å². The van der Waals surface area contributed by atoms with Crippen LogP contribution < -0.4 is 16.0 Å². The van der Waals surface area contributed by atoms with Gasteiger partial charge in [-0.1, -0.05) is 13.0 Å². The van der Waals surface area contributed by atoms with E-state index in [4.69, 9.17) is 10.6 Å². The Kier molecular flexibility index (Phi) is 4.66. The second-order valence-electron chi connectivity index (χ2n) is 3.95. The SMILES string of the molecule is CCc1nc(NN)cc(Oc2cccc([N+](=O)[O-])c2Br)n1. The zero-order chi connectivity index (χ0) is 15.4. The van der Waals surface area contributed by atoms with Gasteiger partial charge in [0.15, 0.2) is 5.75 Å². The minimum atomic E-state index is -0.499. The molecule has 110 valence electrons. The van der Waals surface area contributed by atoms with Gasteiger partial charge in [0.25, 0.3) is 5.69 Å². The topological polar surface area (TPSA) is 116 Å². The van der Waals surface area contributed by atoms with Gasteiger partial charge in [-0.15, -0.1) is 0 Å². The minimum absolute atomic E-state index is 0.0885.